The molecule has 21 heavy (non-hydrogen) atoms. The minimum absolute atomic E-state index is 0.762. The molecule has 2 nitrogen and oxygen atoms in total. The van der Waals surface area contributed by atoms with Crippen molar-refractivity contribution < 1.29 is 4.74 Å². The maximum absolute atomic E-state index is 5.85. The molecule has 0 saturated heterocycles. The van der Waals surface area contributed by atoms with Crippen LogP contribution >= 0.6 is 0 Å². The molecule has 0 amide bonds. The summed E-state index contributed by atoms with van der Waals surface area (Å²) in [5.41, 5.74) is 2.77. The smallest absolute Gasteiger partial charge is 0.0719 e. The summed E-state index contributed by atoms with van der Waals surface area (Å²) in [6.07, 6.45) is 8.79. The summed E-state index contributed by atoms with van der Waals surface area (Å²) < 4.78 is 5.85. The summed E-state index contributed by atoms with van der Waals surface area (Å²) >= 11 is 0. The molecule has 1 aromatic rings. The molecule has 2 heteroatoms. The van der Waals surface area contributed by atoms with Gasteiger partial charge in [-0.25, -0.2) is 0 Å². The highest BCUT2D eigenvalue weighted by molar-refractivity contribution is 5.26. The zero-order valence-electron chi connectivity index (χ0n) is 14.0. The van der Waals surface area contributed by atoms with Gasteiger partial charge in [-0.2, -0.15) is 0 Å². The first kappa shape index (κ1) is 18.2. The number of unbranched alkanes of at least 4 members (excludes halogenated alkanes) is 4. The van der Waals surface area contributed by atoms with E-state index in [1.165, 1.54) is 49.7 Å². The molecule has 0 aromatic heterocycles. The van der Waals surface area contributed by atoms with E-state index in [0.717, 1.165) is 32.7 Å². The van der Waals surface area contributed by atoms with Crippen LogP contribution in [0, 0.1) is 0 Å². The second-order valence-electron chi connectivity index (χ2n) is 5.74. The van der Waals surface area contributed by atoms with Crippen molar-refractivity contribution in [3.05, 3.63) is 35.4 Å². The molecule has 1 N–H and O–H groups in total. The first-order valence-corrected chi connectivity index (χ1v) is 8.73. The Morgan fingerprint density at radius 1 is 0.857 bits per heavy atom. The lowest BCUT2D eigenvalue weighted by atomic mass is 10.1. The SMILES string of the molecule is CCCCCCCOCc1ccccc1CCNCCC. The Balaban J connectivity index is 2.21. The summed E-state index contributed by atoms with van der Waals surface area (Å²) in [6.45, 7) is 8.28. The fraction of sp³-hybridized carbons (Fsp3) is 0.684. The van der Waals surface area contributed by atoms with Gasteiger partial charge in [-0.15, -0.1) is 0 Å². The van der Waals surface area contributed by atoms with Crippen molar-refractivity contribution in [2.45, 2.75) is 65.4 Å². The summed E-state index contributed by atoms with van der Waals surface area (Å²) in [5, 5.41) is 3.47. The monoisotopic (exact) mass is 291 g/mol. The summed E-state index contributed by atoms with van der Waals surface area (Å²) in [5.74, 6) is 0. The molecule has 0 aliphatic heterocycles. The lowest BCUT2D eigenvalue weighted by Crippen LogP contribution is -2.18. The largest absolute Gasteiger partial charge is 0.377 e. The molecule has 0 saturated carbocycles. The van der Waals surface area contributed by atoms with Crippen molar-refractivity contribution in [3.8, 4) is 0 Å². The van der Waals surface area contributed by atoms with Gasteiger partial charge >= 0.3 is 0 Å². The predicted octanol–water partition coefficient (Wildman–Crippen LogP) is 4.72. The highest BCUT2D eigenvalue weighted by atomic mass is 16.5. The first-order chi connectivity index (χ1) is 10.4. The zero-order valence-corrected chi connectivity index (χ0v) is 14.0. The highest BCUT2D eigenvalue weighted by Gasteiger charge is 2.01. The van der Waals surface area contributed by atoms with Gasteiger partial charge in [-0.05, 0) is 43.5 Å². The van der Waals surface area contributed by atoms with Gasteiger partial charge in [0.1, 0.15) is 0 Å². The predicted molar refractivity (Wildman–Crippen MR) is 91.7 cm³/mol. The van der Waals surface area contributed by atoms with Crippen molar-refractivity contribution in [3.63, 3.8) is 0 Å². The van der Waals surface area contributed by atoms with Gasteiger partial charge in [0, 0.05) is 6.61 Å². The normalized spacial score (nSPS) is 11.0. The van der Waals surface area contributed by atoms with Crippen molar-refractivity contribution >= 4 is 0 Å². The van der Waals surface area contributed by atoms with E-state index in [2.05, 4.69) is 43.4 Å². The van der Waals surface area contributed by atoms with Crippen molar-refractivity contribution in [2.75, 3.05) is 19.7 Å². The molecule has 0 aliphatic rings. The summed E-state index contributed by atoms with van der Waals surface area (Å²) in [7, 11) is 0. The molecule has 0 bridgehead atoms. The van der Waals surface area contributed by atoms with Gasteiger partial charge in [0.05, 0.1) is 6.61 Å². The quantitative estimate of drug-likeness (QED) is 0.531. The number of nitrogens with one attached hydrogen (secondary N) is 1. The van der Waals surface area contributed by atoms with Crippen LogP contribution in [0.5, 0.6) is 0 Å². The van der Waals surface area contributed by atoms with E-state index in [1.54, 1.807) is 0 Å². The van der Waals surface area contributed by atoms with Crippen molar-refractivity contribution in [1.82, 2.24) is 5.32 Å². The van der Waals surface area contributed by atoms with Crippen LogP contribution in [0.3, 0.4) is 0 Å². The molecular weight excluding hydrogens is 258 g/mol. The number of rotatable bonds is 13. The van der Waals surface area contributed by atoms with Crippen LogP contribution in [0.25, 0.3) is 0 Å². The second-order valence-corrected chi connectivity index (χ2v) is 5.74. The molecule has 0 unspecified atom stereocenters. The number of benzene rings is 1. The van der Waals surface area contributed by atoms with Gasteiger partial charge in [0.15, 0.2) is 0 Å². The molecule has 1 aromatic carbocycles. The first-order valence-electron chi connectivity index (χ1n) is 8.73. The third-order valence-electron chi connectivity index (χ3n) is 3.77. The number of hydrogen-bond acceptors (Lipinski definition) is 2. The Kier molecular flexibility index (Phi) is 11.1. The minimum Gasteiger partial charge on any atom is -0.377 e. The Labute approximate surface area is 131 Å². The zero-order chi connectivity index (χ0) is 15.2. The van der Waals surface area contributed by atoms with Crippen LogP contribution < -0.4 is 5.32 Å². The fourth-order valence-corrected chi connectivity index (χ4v) is 2.46. The van der Waals surface area contributed by atoms with E-state index in [1.807, 2.05) is 0 Å². The van der Waals surface area contributed by atoms with E-state index < -0.39 is 0 Å². The minimum atomic E-state index is 0.762. The third kappa shape index (κ3) is 8.90. The standard InChI is InChI=1S/C19H33NO/c1-3-5-6-7-10-16-21-17-19-12-9-8-11-18(19)13-15-20-14-4-2/h8-9,11-12,20H,3-7,10,13-17H2,1-2H3. The number of hydrogen-bond donors (Lipinski definition) is 1. The van der Waals surface area contributed by atoms with E-state index in [-0.39, 0.29) is 0 Å². The average Bonchev–Trinajstić information content (AvgIpc) is 2.52. The Hall–Kier alpha value is -0.860. The lowest BCUT2D eigenvalue weighted by molar-refractivity contribution is 0.116. The average molecular weight is 291 g/mol. The molecule has 120 valence electrons. The highest BCUT2D eigenvalue weighted by Crippen LogP contribution is 2.11. The van der Waals surface area contributed by atoms with Crippen LogP contribution in [-0.4, -0.2) is 19.7 Å². The molecule has 0 radical (unpaired) electrons. The maximum Gasteiger partial charge on any atom is 0.0719 e. The topological polar surface area (TPSA) is 21.3 Å². The van der Waals surface area contributed by atoms with E-state index >= 15 is 0 Å². The molecule has 0 spiro atoms. The van der Waals surface area contributed by atoms with Crippen LogP contribution in [-0.2, 0) is 17.8 Å². The Morgan fingerprint density at radius 3 is 2.38 bits per heavy atom. The molecular formula is C19H33NO. The maximum atomic E-state index is 5.85. The van der Waals surface area contributed by atoms with Gasteiger partial charge in [-0.3, -0.25) is 0 Å². The van der Waals surface area contributed by atoms with Crippen LogP contribution in [0.1, 0.15) is 63.5 Å². The third-order valence-corrected chi connectivity index (χ3v) is 3.77. The lowest BCUT2D eigenvalue weighted by Gasteiger charge is -2.11. The Bertz CT molecular complexity index is 351. The summed E-state index contributed by atoms with van der Waals surface area (Å²) in [6, 6.07) is 8.67. The molecule has 0 atom stereocenters. The van der Waals surface area contributed by atoms with Gasteiger partial charge in [0.2, 0.25) is 0 Å². The van der Waals surface area contributed by atoms with Crippen LogP contribution in [0.4, 0.5) is 0 Å². The van der Waals surface area contributed by atoms with E-state index in [9.17, 15) is 0 Å². The molecule has 0 fully saturated rings. The van der Waals surface area contributed by atoms with Gasteiger partial charge < -0.3 is 10.1 Å². The number of ether oxygens (including phenoxy) is 1. The van der Waals surface area contributed by atoms with Crippen LogP contribution in [0.2, 0.25) is 0 Å². The van der Waals surface area contributed by atoms with E-state index in [4.69, 9.17) is 4.74 Å². The van der Waals surface area contributed by atoms with Gasteiger partial charge in [0.25, 0.3) is 0 Å². The fourth-order valence-electron chi connectivity index (χ4n) is 2.46. The van der Waals surface area contributed by atoms with E-state index in [0.29, 0.717) is 0 Å². The molecule has 0 heterocycles. The van der Waals surface area contributed by atoms with Crippen molar-refractivity contribution in [2.24, 2.45) is 0 Å². The van der Waals surface area contributed by atoms with Crippen LogP contribution in [0.15, 0.2) is 24.3 Å². The van der Waals surface area contributed by atoms with Crippen molar-refractivity contribution in [1.29, 1.82) is 0 Å². The second kappa shape index (κ2) is 12.8. The molecule has 0 aliphatic carbocycles. The van der Waals surface area contributed by atoms with Gasteiger partial charge in [-0.1, -0.05) is 63.8 Å². The Morgan fingerprint density at radius 2 is 1.62 bits per heavy atom. The molecule has 1 rings (SSSR count). The summed E-state index contributed by atoms with van der Waals surface area (Å²) in [4.78, 5) is 0.